The van der Waals surface area contributed by atoms with Crippen LogP contribution in [-0.2, 0) is 0 Å². The molecule has 0 radical (unpaired) electrons. The van der Waals surface area contributed by atoms with Crippen LogP contribution in [-0.4, -0.2) is 19.8 Å². The van der Waals surface area contributed by atoms with E-state index in [4.69, 9.17) is 24.4 Å². The van der Waals surface area contributed by atoms with Gasteiger partial charge in [-0.25, -0.2) is 5.10 Å². The van der Waals surface area contributed by atoms with Gasteiger partial charge >= 0.3 is 0 Å². The zero-order valence-electron chi connectivity index (χ0n) is 4.62. The lowest BCUT2D eigenvalue weighted by atomic mass is 11.2. The molecule has 4 nitrogen and oxygen atoms in total. The van der Waals surface area contributed by atoms with E-state index in [2.05, 4.69) is 15.3 Å². The number of hydrogen-bond acceptors (Lipinski definition) is 4. The maximum absolute atomic E-state index is 4.87. The first-order chi connectivity index (χ1) is 4.77. The molecule has 2 aromatic rings. The molecule has 0 fully saturated rings. The number of nitrogens with zero attached hydrogens (tertiary/aromatic N) is 2. The zero-order valence-corrected chi connectivity index (χ0v) is 7.07. The minimum atomic E-state index is 0.544. The summed E-state index contributed by atoms with van der Waals surface area (Å²) in [7, 11) is 0. The Hall–Kier alpha value is -0.530. The van der Waals surface area contributed by atoms with Gasteiger partial charge in [0.15, 0.2) is 3.95 Å². The standard InChI is InChI=1S/C3H2N4S3/c8-1-4-5-2-7(1)6-3(9)10-2/h(H,4,8)(H,6,9). The summed E-state index contributed by atoms with van der Waals surface area (Å²) in [6.45, 7) is 0. The lowest BCUT2D eigenvalue weighted by molar-refractivity contribution is 0.928. The molecule has 7 heteroatoms. The molecule has 0 aliphatic carbocycles. The van der Waals surface area contributed by atoms with E-state index in [-0.39, 0.29) is 0 Å². The SMILES string of the molecule is S=c1[nH]n2c(=S)[nH]nc2s1. The Bertz CT molecular complexity index is 455. The Kier molecular flexibility index (Phi) is 1.22. The third-order valence-corrected chi connectivity index (χ3v) is 2.38. The average Bonchev–Trinajstić information content (AvgIpc) is 2.35. The molecular formula is C3H2N4S3. The van der Waals surface area contributed by atoms with E-state index in [9.17, 15) is 0 Å². The van der Waals surface area contributed by atoms with Crippen molar-refractivity contribution >= 4 is 40.7 Å². The highest BCUT2D eigenvalue weighted by Crippen LogP contribution is 2.06. The van der Waals surface area contributed by atoms with Crippen molar-refractivity contribution in [2.24, 2.45) is 0 Å². The maximum Gasteiger partial charge on any atom is 0.232 e. The monoisotopic (exact) mass is 190 g/mol. The molecule has 0 aliphatic rings. The van der Waals surface area contributed by atoms with E-state index in [0.717, 1.165) is 4.96 Å². The van der Waals surface area contributed by atoms with Crippen LogP contribution in [0.1, 0.15) is 0 Å². The first-order valence-electron chi connectivity index (χ1n) is 2.43. The molecule has 0 spiro atoms. The molecule has 0 saturated carbocycles. The summed E-state index contributed by atoms with van der Waals surface area (Å²) in [5.41, 5.74) is 0. The molecule has 10 heavy (non-hydrogen) atoms. The Morgan fingerprint density at radius 2 is 2.30 bits per heavy atom. The molecule has 2 N–H and O–H groups in total. The van der Waals surface area contributed by atoms with Gasteiger partial charge in [-0.3, -0.25) is 5.10 Å². The summed E-state index contributed by atoms with van der Waals surface area (Å²) < 4.78 is 2.87. The Balaban J connectivity index is 3.18. The molecule has 0 amide bonds. The number of aromatic amines is 2. The highest BCUT2D eigenvalue weighted by Gasteiger charge is 1.96. The summed E-state index contributed by atoms with van der Waals surface area (Å²) in [4.78, 5) is 0.773. The lowest BCUT2D eigenvalue weighted by Crippen LogP contribution is -1.80. The van der Waals surface area contributed by atoms with Crippen LogP contribution in [0.4, 0.5) is 0 Å². The Morgan fingerprint density at radius 3 is 3.00 bits per heavy atom. The van der Waals surface area contributed by atoms with Gasteiger partial charge in [0.2, 0.25) is 9.73 Å². The Morgan fingerprint density at radius 1 is 1.50 bits per heavy atom. The van der Waals surface area contributed by atoms with Gasteiger partial charge in [0.05, 0.1) is 0 Å². The molecule has 2 aromatic heterocycles. The van der Waals surface area contributed by atoms with Crippen LogP contribution in [0.3, 0.4) is 0 Å². The van der Waals surface area contributed by atoms with Crippen LogP contribution in [0, 0.1) is 8.73 Å². The van der Waals surface area contributed by atoms with Gasteiger partial charge < -0.3 is 0 Å². The second-order valence-electron chi connectivity index (χ2n) is 1.65. The first-order valence-corrected chi connectivity index (χ1v) is 4.07. The lowest BCUT2D eigenvalue weighted by Gasteiger charge is -1.73. The highest BCUT2D eigenvalue weighted by molar-refractivity contribution is 7.73. The van der Waals surface area contributed by atoms with E-state index in [0.29, 0.717) is 8.73 Å². The van der Waals surface area contributed by atoms with Gasteiger partial charge in [-0.1, -0.05) is 11.3 Å². The van der Waals surface area contributed by atoms with Gasteiger partial charge in [-0.05, 0) is 24.4 Å². The molecule has 0 unspecified atom stereocenters. The summed E-state index contributed by atoms with van der Waals surface area (Å²) in [5.74, 6) is 0. The van der Waals surface area contributed by atoms with Crippen molar-refractivity contribution in [3.63, 3.8) is 0 Å². The van der Waals surface area contributed by atoms with Crippen LogP contribution in [0.15, 0.2) is 0 Å². The number of fused-ring (bicyclic) bond motifs is 1. The topological polar surface area (TPSA) is 48.9 Å². The van der Waals surface area contributed by atoms with E-state index in [1.54, 1.807) is 4.52 Å². The van der Waals surface area contributed by atoms with Crippen molar-refractivity contribution in [3.8, 4) is 0 Å². The fraction of sp³-hybridized carbons (Fsp3) is 0. The second-order valence-corrected chi connectivity index (χ2v) is 3.68. The predicted octanol–water partition coefficient (Wildman–Crippen LogP) is 1.51. The van der Waals surface area contributed by atoms with E-state index < -0.39 is 0 Å². The molecule has 0 saturated heterocycles. The number of nitrogens with one attached hydrogen (secondary N) is 2. The van der Waals surface area contributed by atoms with Crippen LogP contribution in [0.2, 0.25) is 0 Å². The molecule has 0 bridgehead atoms. The Labute approximate surface area is 69.5 Å². The van der Waals surface area contributed by atoms with Crippen LogP contribution in [0.5, 0.6) is 0 Å². The fourth-order valence-electron chi connectivity index (χ4n) is 0.647. The minimum Gasteiger partial charge on any atom is -0.271 e. The minimum absolute atomic E-state index is 0.544. The third kappa shape index (κ3) is 0.746. The molecule has 0 atom stereocenters. The molecular weight excluding hydrogens is 188 g/mol. The second kappa shape index (κ2) is 1.97. The van der Waals surface area contributed by atoms with E-state index in [1.807, 2.05) is 0 Å². The molecule has 0 aliphatic heterocycles. The third-order valence-electron chi connectivity index (χ3n) is 1.03. The van der Waals surface area contributed by atoms with Crippen molar-refractivity contribution in [2.45, 2.75) is 0 Å². The van der Waals surface area contributed by atoms with Gasteiger partial charge in [-0.15, -0.1) is 5.10 Å². The van der Waals surface area contributed by atoms with Crippen LogP contribution < -0.4 is 0 Å². The van der Waals surface area contributed by atoms with E-state index in [1.165, 1.54) is 11.3 Å². The normalized spacial score (nSPS) is 10.8. The van der Waals surface area contributed by atoms with Gasteiger partial charge in [-0.2, -0.15) is 4.52 Å². The first kappa shape index (κ1) is 6.20. The molecule has 52 valence electrons. The van der Waals surface area contributed by atoms with Gasteiger partial charge in [0.1, 0.15) is 0 Å². The molecule has 2 rings (SSSR count). The van der Waals surface area contributed by atoms with Crippen LogP contribution >= 0.6 is 35.8 Å². The molecule has 2 heterocycles. The fourth-order valence-corrected chi connectivity index (χ4v) is 1.82. The summed E-state index contributed by atoms with van der Waals surface area (Å²) in [5, 5.41) is 9.40. The highest BCUT2D eigenvalue weighted by atomic mass is 32.1. The molecule has 0 aromatic carbocycles. The van der Waals surface area contributed by atoms with Gasteiger partial charge in [0, 0.05) is 0 Å². The predicted molar refractivity (Wildman–Crippen MR) is 43.4 cm³/mol. The maximum atomic E-state index is 4.87. The number of rotatable bonds is 0. The number of hydrogen-bond donors (Lipinski definition) is 2. The zero-order chi connectivity index (χ0) is 7.14. The smallest absolute Gasteiger partial charge is 0.232 e. The summed E-state index contributed by atoms with van der Waals surface area (Å²) >= 11 is 11.1. The summed E-state index contributed by atoms with van der Waals surface area (Å²) in [6, 6.07) is 0. The van der Waals surface area contributed by atoms with Gasteiger partial charge in [0.25, 0.3) is 0 Å². The van der Waals surface area contributed by atoms with Crippen molar-refractivity contribution in [2.75, 3.05) is 0 Å². The van der Waals surface area contributed by atoms with Crippen molar-refractivity contribution in [1.82, 2.24) is 19.8 Å². The average molecular weight is 190 g/mol. The quantitative estimate of drug-likeness (QED) is 0.619. The van der Waals surface area contributed by atoms with E-state index >= 15 is 0 Å². The van der Waals surface area contributed by atoms with Crippen molar-refractivity contribution < 1.29 is 0 Å². The van der Waals surface area contributed by atoms with Crippen molar-refractivity contribution in [3.05, 3.63) is 8.73 Å². The number of H-pyrrole nitrogens is 2. The number of aromatic nitrogens is 4. The van der Waals surface area contributed by atoms with Crippen molar-refractivity contribution in [1.29, 1.82) is 0 Å². The van der Waals surface area contributed by atoms with Crippen LogP contribution in [0.25, 0.3) is 4.96 Å². The largest absolute Gasteiger partial charge is 0.271 e. The summed E-state index contributed by atoms with van der Waals surface area (Å²) in [6.07, 6.45) is 0.